The van der Waals surface area contributed by atoms with E-state index in [0.717, 1.165) is 40.3 Å². The number of benzene rings is 1. The molecule has 6 rings (SSSR count). The monoisotopic (exact) mass is 503 g/mol. The van der Waals surface area contributed by atoms with E-state index in [9.17, 15) is 14.9 Å². The summed E-state index contributed by atoms with van der Waals surface area (Å²) < 4.78 is 5.62. The lowest BCUT2D eigenvalue weighted by Crippen LogP contribution is -2.56. The van der Waals surface area contributed by atoms with E-state index in [0.29, 0.717) is 29.1 Å². The van der Waals surface area contributed by atoms with E-state index >= 15 is 0 Å². The Bertz CT molecular complexity index is 1460. The Morgan fingerprint density at radius 3 is 2.58 bits per heavy atom. The lowest BCUT2D eigenvalue weighted by Gasteiger charge is -2.41. The molecule has 2 unspecified atom stereocenters. The van der Waals surface area contributed by atoms with E-state index < -0.39 is 11.0 Å². The van der Waals surface area contributed by atoms with Gasteiger partial charge in [0.2, 0.25) is 5.78 Å². The first kappa shape index (κ1) is 23.0. The molecule has 0 spiro atoms. The van der Waals surface area contributed by atoms with Crippen molar-refractivity contribution in [3.8, 4) is 6.07 Å². The van der Waals surface area contributed by atoms with E-state index in [1.807, 2.05) is 31.7 Å². The van der Waals surface area contributed by atoms with Crippen molar-refractivity contribution in [3.05, 3.63) is 45.6 Å². The number of amides is 1. The first-order valence-corrected chi connectivity index (χ1v) is 13.2. The van der Waals surface area contributed by atoms with Crippen molar-refractivity contribution in [2.24, 2.45) is 0 Å². The third kappa shape index (κ3) is 3.34. The molecule has 4 heterocycles. The Morgan fingerprint density at radius 1 is 1.25 bits per heavy atom. The van der Waals surface area contributed by atoms with Crippen LogP contribution < -0.4 is 4.90 Å². The quantitative estimate of drug-likeness (QED) is 0.504. The lowest BCUT2D eigenvalue weighted by atomic mass is 9.77. The molecule has 3 aromatic rings. The van der Waals surface area contributed by atoms with Crippen LogP contribution in [0.15, 0.2) is 18.2 Å². The van der Waals surface area contributed by atoms with Crippen LogP contribution >= 0.6 is 11.3 Å². The summed E-state index contributed by atoms with van der Waals surface area (Å²) in [5.41, 5.74) is 2.66. The summed E-state index contributed by atoms with van der Waals surface area (Å²) in [6.45, 7) is 11.0. The summed E-state index contributed by atoms with van der Waals surface area (Å²) in [6.07, 6.45) is 1.70. The molecule has 1 N–H and O–H groups in total. The van der Waals surface area contributed by atoms with Crippen molar-refractivity contribution < 1.29 is 14.3 Å². The minimum Gasteiger partial charge on any atom is -0.444 e. The number of carbonyl (C=O) groups is 2. The summed E-state index contributed by atoms with van der Waals surface area (Å²) in [7, 11) is 0. The lowest BCUT2D eigenvalue weighted by molar-refractivity contribution is 0.0209. The SMILES string of the molecule is CC(C)(C)OC(=O)N1CC2CCC(C1)N2c1nc2c(s1)C(=O)c1c([nH]c3cc(C#N)ccc13)C2(C)C. The number of rotatable bonds is 1. The number of fused-ring (bicyclic) bond motifs is 6. The summed E-state index contributed by atoms with van der Waals surface area (Å²) in [5.74, 6) is -0.0150. The first-order valence-electron chi connectivity index (χ1n) is 12.4. The van der Waals surface area contributed by atoms with Gasteiger partial charge in [-0.25, -0.2) is 9.78 Å². The molecule has 9 heteroatoms. The molecule has 0 radical (unpaired) electrons. The van der Waals surface area contributed by atoms with Crippen LogP contribution in [0.4, 0.5) is 9.93 Å². The Morgan fingerprint density at radius 2 is 1.94 bits per heavy atom. The van der Waals surface area contributed by atoms with Crippen molar-refractivity contribution in [1.29, 1.82) is 5.26 Å². The van der Waals surface area contributed by atoms with Crippen LogP contribution in [0.25, 0.3) is 10.9 Å². The number of anilines is 1. The second-order valence-corrected chi connectivity index (χ2v) is 12.5. The number of aromatic amines is 1. The largest absolute Gasteiger partial charge is 0.444 e. The van der Waals surface area contributed by atoms with Gasteiger partial charge in [-0.15, -0.1) is 0 Å². The van der Waals surface area contributed by atoms with Crippen LogP contribution in [0.2, 0.25) is 0 Å². The van der Waals surface area contributed by atoms with Gasteiger partial charge in [-0.05, 0) is 59.6 Å². The number of piperazine rings is 1. The van der Waals surface area contributed by atoms with Crippen molar-refractivity contribution >= 4 is 39.2 Å². The minimum atomic E-state index is -0.524. The normalized spacial score (nSPS) is 22.4. The van der Waals surface area contributed by atoms with Crippen LogP contribution in [-0.4, -0.2) is 57.5 Å². The number of nitrogens with zero attached hydrogens (tertiary/aromatic N) is 4. The van der Waals surface area contributed by atoms with Crippen molar-refractivity contribution in [2.75, 3.05) is 18.0 Å². The van der Waals surface area contributed by atoms with Crippen molar-refractivity contribution in [1.82, 2.24) is 14.9 Å². The van der Waals surface area contributed by atoms with Gasteiger partial charge in [0, 0.05) is 47.2 Å². The summed E-state index contributed by atoms with van der Waals surface area (Å²) >= 11 is 1.47. The van der Waals surface area contributed by atoms with Crippen molar-refractivity contribution in [3.63, 3.8) is 0 Å². The number of hydrogen-bond acceptors (Lipinski definition) is 7. The Kier molecular flexibility index (Phi) is 4.84. The number of ether oxygens (including phenoxy) is 1. The number of thiazole rings is 1. The molecule has 2 aliphatic heterocycles. The maximum atomic E-state index is 13.8. The average molecular weight is 504 g/mol. The molecule has 1 aliphatic carbocycles. The highest BCUT2D eigenvalue weighted by Crippen LogP contribution is 2.48. The molecule has 36 heavy (non-hydrogen) atoms. The topological polar surface area (TPSA) is 102 Å². The van der Waals surface area contributed by atoms with Gasteiger partial charge in [0.05, 0.1) is 22.9 Å². The van der Waals surface area contributed by atoms with Gasteiger partial charge in [-0.3, -0.25) is 4.79 Å². The van der Waals surface area contributed by atoms with Crippen LogP contribution in [0, 0.1) is 11.3 Å². The number of hydrogen-bond donors (Lipinski definition) is 1. The predicted octanol–water partition coefficient (Wildman–Crippen LogP) is 4.95. The Hall–Kier alpha value is -3.38. The molecule has 1 amide bonds. The number of likely N-dealkylation sites (tertiary alicyclic amines) is 1. The molecule has 2 atom stereocenters. The fourth-order valence-corrected chi connectivity index (χ4v) is 7.21. The van der Waals surface area contributed by atoms with Crippen molar-refractivity contribution in [2.45, 2.75) is 70.6 Å². The Balaban J connectivity index is 1.34. The second kappa shape index (κ2) is 7.56. The molecule has 1 aromatic carbocycles. The van der Waals surface area contributed by atoms with E-state index in [-0.39, 0.29) is 24.0 Å². The van der Waals surface area contributed by atoms with E-state index in [4.69, 9.17) is 9.72 Å². The number of nitriles is 1. The molecule has 3 aliphatic rings. The predicted molar refractivity (Wildman–Crippen MR) is 138 cm³/mol. The van der Waals surface area contributed by atoms with E-state index in [1.54, 1.807) is 12.1 Å². The standard InChI is InChI=1S/C27H29N5O3S/c1-26(2,3)35-25(34)31-12-15-7-8-16(13-31)32(15)24-30-23-21(36-24)20(33)19-17-9-6-14(11-28)10-18(17)29-22(19)27(23,4)5/h6,9-10,15-16,29H,7-8,12-13H2,1-5H3. The smallest absolute Gasteiger partial charge is 0.410 e. The molecule has 2 aromatic heterocycles. The summed E-state index contributed by atoms with van der Waals surface area (Å²) in [4.78, 5) is 39.8. The van der Waals surface area contributed by atoms with Gasteiger partial charge in [0.25, 0.3) is 0 Å². The number of aromatic nitrogens is 2. The molecule has 186 valence electrons. The highest BCUT2D eigenvalue weighted by atomic mass is 32.1. The highest BCUT2D eigenvalue weighted by Gasteiger charge is 2.47. The van der Waals surface area contributed by atoms with E-state index in [2.05, 4.69) is 29.8 Å². The van der Waals surface area contributed by atoms with Gasteiger partial charge in [0.1, 0.15) is 10.5 Å². The average Bonchev–Trinajstić information content (AvgIpc) is 3.48. The summed E-state index contributed by atoms with van der Waals surface area (Å²) in [6, 6.07) is 7.90. The minimum absolute atomic E-state index is 0.0150. The van der Waals surface area contributed by atoms with Gasteiger partial charge < -0.3 is 19.5 Å². The fraction of sp³-hybridized carbons (Fsp3) is 0.481. The zero-order chi connectivity index (χ0) is 25.6. The second-order valence-electron chi connectivity index (χ2n) is 11.6. The van der Waals surface area contributed by atoms with E-state index in [1.165, 1.54) is 11.3 Å². The number of nitrogens with one attached hydrogen (secondary N) is 1. The molecule has 8 nitrogen and oxygen atoms in total. The Labute approximate surface area is 213 Å². The molecule has 2 saturated heterocycles. The van der Waals surface area contributed by atoms with Crippen LogP contribution in [-0.2, 0) is 10.2 Å². The van der Waals surface area contributed by atoms with Crippen LogP contribution in [0.1, 0.15) is 79.6 Å². The first-order chi connectivity index (χ1) is 17.0. The number of ketones is 1. The van der Waals surface area contributed by atoms with Crippen LogP contribution in [0.3, 0.4) is 0 Å². The van der Waals surface area contributed by atoms with Gasteiger partial charge in [0.15, 0.2) is 5.13 Å². The van der Waals surface area contributed by atoms with Gasteiger partial charge in [-0.2, -0.15) is 5.26 Å². The maximum absolute atomic E-state index is 13.8. The fourth-order valence-electron chi connectivity index (χ4n) is 5.89. The number of H-pyrrole nitrogens is 1. The molecule has 2 bridgehead atoms. The molecule has 2 fully saturated rings. The van der Waals surface area contributed by atoms with Gasteiger partial charge >= 0.3 is 6.09 Å². The third-order valence-electron chi connectivity index (χ3n) is 7.55. The molecular formula is C27H29N5O3S. The number of carbonyl (C=O) groups excluding carboxylic acids is 2. The zero-order valence-corrected chi connectivity index (χ0v) is 22.0. The summed E-state index contributed by atoms with van der Waals surface area (Å²) in [5, 5.41) is 11.0. The molecule has 0 saturated carbocycles. The highest BCUT2D eigenvalue weighted by molar-refractivity contribution is 7.18. The zero-order valence-electron chi connectivity index (χ0n) is 21.1. The molecular weight excluding hydrogens is 474 g/mol. The third-order valence-corrected chi connectivity index (χ3v) is 8.62. The van der Waals surface area contributed by atoms with Crippen LogP contribution in [0.5, 0.6) is 0 Å². The maximum Gasteiger partial charge on any atom is 0.410 e. The van der Waals surface area contributed by atoms with Gasteiger partial charge in [-0.1, -0.05) is 17.4 Å².